The summed E-state index contributed by atoms with van der Waals surface area (Å²) in [5.41, 5.74) is 5.31. The van der Waals surface area contributed by atoms with Crippen molar-refractivity contribution in [2.45, 2.75) is 46.0 Å². The lowest BCUT2D eigenvalue weighted by molar-refractivity contribution is -0.162. The zero-order valence-corrected chi connectivity index (χ0v) is 9.92. The molecule has 3 heteroatoms. The number of esters is 1. The molecule has 1 atom stereocenters. The topological polar surface area (TPSA) is 52.3 Å². The number of hydrogen-bond donors (Lipinski definition) is 1. The van der Waals surface area contributed by atoms with Crippen molar-refractivity contribution in [3.63, 3.8) is 0 Å². The summed E-state index contributed by atoms with van der Waals surface area (Å²) in [6, 6.07) is 0. The summed E-state index contributed by atoms with van der Waals surface area (Å²) in [6.07, 6.45) is 5.18. The quantitative estimate of drug-likeness (QED) is 0.687. The molecule has 88 valence electrons. The van der Waals surface area contributed by atoms with Gasteiger partial charge in [-0.25, -0.2) is 0 Å². The second-order valence-electron chi connectivity index (χ2n) is 4.83. The van der Waals surface area contributed by atoms with Gasteiger partial charge in [0.2, 0.25) is 0 Å². The first-order valence-electron chi connectivity index (χ1n) is 6.02. The molecule has 1 aliphatic carbocycles. The molecule has 15 heavy (non-hydrogen) atoms. The Labute approximate surface area is 92.4 Å². The molecule has 1 fully saturated rings. The SMILES string of the molecule is CCCC(C)COC(=O)C1(CN)CCC1. The summed E-state index contributed by atoms with van der Waals surface area (Å²) in [5, 5.41) is 0. The van der Waals surface area contributed by atoms with E-state index in [1.165, 1.54) is 0 Å². The first-order valence-corrected chi connectivity index (χ1v) is 6.02. The van der Waals surface area contributed by atoms with Gasteiger partial charge >= 0.3 is 5.97 Å². The van der Waals surface area contributed by atoms with Gasteiger partial charge in [-0.1, -0.05) is 26.7 Å². The fourth-order valence-corrected chi connectivity index (χ4v) is 2.04. The molecule has 0 amide bonds. The Hall–Kier alpha value is -0.570. The molecule has 1 aliphatic rings. The molecule has 0 aromatic rings. The van der Waals surface area contributed by atoms with E-state index >= 15 is 0 Å². The van der Waals surface area contributed by atoms with E-state index in [4.69, 9.17) is 10.5 Å². The van der Waals surface area contributed by atoms with Gasteiger partial charge in [-0.3, -0.25) is 4.79 Å². The number of ether oxygens (including phenoxy) is 1. The third kappa shape index (κ3) is 2.94. The van der Waals surface area contributed by atoms with Crippen molar-refractivity contribution in [3.8, 4) is 0 Å². The van der Waals surface area contributed by atoms with Crippen LogP contribution in [0.1, 0.15) is 46.0 Å². The summed E-state index contributed by atoms with van der Waals surface area (Å²) in [5.74, 6) is 0.396. The Morgan fingerprint density at radius 1 is 1.53 bits per heavy atom. The average Bonchev–Trinajstić information content (AvgIpc) is 2.14. The third-order valence-corrected chi connectivity index (χ3v) is 3.41. The lowest BCUT2D eigenvalue weighted by atomic mass is 9.69. The van der Waals surface area contributed by atoms with E-state index in [1.807, 2.05) is 0 Å². The van der Waals surface area contributed by atoms with Crippen LogP contribution in [0.15, 0.2) is 0 Å². The summed E-state index contributed by atoms with van der Waals surface area (Å²) in [7, 11) is 0. The molecule has 0 aromatic heterocycles. The number of nitrogens with two attached hydrogens (primary N) is 1. The number of rotatable bonds is 6. The molecule has 1 saturated carbocycles. The van der Waals surface area contributed by atoms with Crippen LogP contribution in [0, 0.1) is 11.3 Å². The third-order valence-electron chi connectivity index (χ3n) is 3.41. The molecule has 1 unspecified atom stereocenters. The zero-order valence-electron chi connectivity index (χ0n) is 9.92. The van der Waals surface area contributed by atoms with E-state index in [0.29, 0.717) is 19.1 Å². The van der Waals surface area contributed by atoms with Gasteiger partial charge in [0, 0.05) is 6.54 Å². The van der Waals surface area contributed by atoms with Crippen LogP contribution in [0.3, 0.4) is 0 Å². The fourth-order valence-electron chi connectivity index (χ4n) is 2.04. The van der Waals surface area contributed by atoms with Gasteiger partial charge in [0.15, 0.2) is 0 Å². The van der Waals surface area contributed by atoms with Crippen molar-refractivity contribution >= 4 is 5.97 Å². The van der Waals surface area contributed by atoms with Gasteiger partial charge in [0.05, 0.1) is 12.0 Å². The maximum Gasteiger partial charge on any atom is 0.313 e. The van der Waals surface area contributed by atoms with Crippen molar-refractivity contribution in [1.82, 2.24) is 0 Å². The van der Waals surface area contributed by atoms with Gasteiger partial charge in [0.25, 0.3) is 0 Å². The number of hydrogen-bond acceptors (Lipinski definition) is 3. The molecule has 3 nitrogen and oxygen atoms in total. The van der Waals surface area contributed by atoms with Gasteiger partial charge in [-0.2, -0.15) is 0 Å². The van der Waals surface area contributed by atoms with Gasteiger partial charge in [0.1, 0.15) is 0 Å². The first-order chi connectivity index (χ1) is 7.14. The molecular formula is C12H23NO2. The van der Waals surface area contributed by atoms with Crippen molar-refractivity contribution in [1.29, 1.82) is 0 Å². The molecule has 0 saturated heterocycles. The molecule has 1 rings (SSSR count). The van der Waals surface area contributed by atoms with Crippen LogP contribution in [0.5, 0.6) is 0 Å². The minimum Gasteiger partial charge on any atom is -0.465 e. The molecule has 0 radical (unpaired) electrons. The van der Waals surface area contributed by atoms with Crippen molar-refractivity contribution in [2.24, 2.45) is 17.1 Å². The van der Waals surface area contributed by atoms with Gasteiger partial charge in [-0.05, 0) is 25.2 Å². The Kier molecular flexibility index (Phi) is 4.58. The Bertz CT molecular complexity index is 206. The smallest absolute Gasteiger partial charge is 0.313 e. The van der Waals surface area contributed by atoms with Crippen LogP contribution in [0.2, 0.25) is 0 Å². The number of carbonyl (C=O) groups excluding carboxylic acids is 1. The van der Waals surface area contributed by atoms with E-state index < -0.39 is 0 Å². The summed E-state index contributed by atoms with van der Waals surface area (Å²) in [4.78, 5) is 11.8. The minimum absolute atomic E-state index is 0.0702. The second kappa shape index (κ2) is 5.50. The molecule has 0 bridgehead atoms. The average molecular weight is 213 g/mol. The Balaban J connectivity index is 2.29. The van der Waals surface area contributed by atoms with Crippen molar-refractivity contribution < 1.29 is 9.53 Å². The van der Waals surface area contributed by atoms with E-state index in [-0.39, 0.29) is 11.4 Å². The zero-order chi connectivity index (χ0) is 11.3. The van der Waals surface area contributed by atoms with E-state index in [9.17, 15) is 4.79 Å². The van der Waals surface area contributed by atoms with Crippen LogP contribution in [-0.2, 0) is 9.53 Å². The second-order valence-corrected chi connectivity index (χ2v) is 4.83. The first kappa shape index (κ1) is 12.5. The Morgan fingerprint density at radius 2 is 2.20 bits per heavy atom. The summed E-state index contributed by atoms with van der Waals surface area (Å²) in [6.45, 7) is 5.25. The van der Waals surface area contributed by atoms with Crippen LogP contribution in [0.25, 0.3) is 0 Å². The molecule has 2 N–H and O–H groups in total. The lowest BCUT2D eigenvalue weighted by Crippen LogP contribution is -2.45. The van der Waals surface area contributed by atoms with E-state index in [1.54, 1.807) is 0 Å². The monoisotopic (exact) mass is 213 g/mol. The van der Waals surface area contributed by atoms with Gasteiger partial charge < -0.3 is 10.5 Å². The van der Waals surface area contributed by atoms with E-state index in [0.717, 1.165) is 32.1 Å². The molecule has 0 heterocycles. The predicted molar refractivity (Wildman–Crippen MR) is 60.4 cm³/mol. The number of carbonyl (C=O) groups is 1. The highest BCUT2D eigenvalue weighted by atomic mass is 16.5. The molecule has 0 aliphatic heterocycles. The standard InChI is InChI=1S/C12H23NO2/c1-3-5-10(2)8-15-11(14)12(9-13)6-4-7-12/h10H,3-9,13H2,1-2H3. The summed E-state index contributed by atoms with van der Waals surface area (Å²) >= 11 is 0. The van der Waals surface area contributed by atoms with Crippen LogP contribution in [-0.4, -0.2) is 19.1 Å². The Morgan fingerprint density at radius 3 is 2.60 bits per heavy atom. The van der Waals surface area contributed by atoms with Crippen molar-refractivity contribution in [3.05, 3.63) is 0 Å². The molecular weight excluding hydrogens is 190 g/mol. The molecule has 0 aromatic carbocycles. The van der Waals surface area contributed by atoms with Crippen LogP contribution in [0.4, 0.5) is 0 Å². The molecule has 0 spiro atoms. The van der Waals surface area contributed by atoms with Crippen LogP contribution >= 0.6 is 0 Å². The van der Waals surface area contributed by atoms with E-state index in [2.05, 4.69) is 13.8 Å². The van der Waals surface area contributed by atoms with Gasteiger partial charge in [-0.15, -0.1) is 0 Å². The fraction of sp³-hybridized carbons (Fsp3) is 0.917. The normalized spacial score (nSPS) is 20.5. The summed E-state index contributed by atoms with van der Waals surface area (Å²) < 4.78 is 5.34. The van der Waals surface area contributed by atoms with Crippen molar-refractivity contribution in [2.75, 3.05) is 13.2 Å². The maximum absolute atomic E-state index is 11.8. The maximum atomic E-state index is 11.8. The highest BCUT2D eigenvalue weighted by Crippen LogP contribution is 2.41. The highest BCUT2D eigenvalue weighted by molar-refractivity contribution is 5.78. The largest absolute Gasteiger partial charge is 0.465 e. The predicted octanol–water partition coefficient (Wildman–Crippen LogP) is 2.09. The van der Waals surface area contributed by atoms with Crippen LogP contribution < -0.4 is 5.73 Å². The highest BCUT2D eigenvalue weighted by Gasteiger charge is 2.44. The lowest BCUT2D eigenvalue weighted by Gasteiger charge is -2.38. The minimum atomic E-state index is -0.327.